The molecule has 1 fully saturated rings. The van der Waals surface area contributed by atoms with Crippen LogP contribution in [0.4, 0.5) is 0 Å². The van der Waals surface area contributed by atoms with Crippen LogP contribution < -0.4 is 0 Å². The van der Waals surface area contributed by atoms with Crippen molar-refractivity contribution in [2.24, 2.45) is 5.10 Å². The van der Waals surface area contributed by atoms with Crippen LogP contribution in [0.1, 0.15) is 17.2 Å². The standard InChI is InChI=1S/C16H14N2S2/c19-16-18(17-11-13-7-3-1-4-8-13)15(12-20-16)14-9-5-2-6-10-14/h1-11,15H,12H2. The van der Waals surface area contributed by atoms with Gasteiger partial charge in [-0.15, -0.1) is 0 Å². The molecular weight excluding hydrogens is 284 g/mol. The summed E-state index contributed by atoms with van der Waals surface area (Å²) in [6, 6.07) is 20.7. The van der Waals surface area contributed by atoms with Crippen molar-refractivity contribution in [3.8, 4) is 0 Å². The normalized spacial score (nSPS) is 18.9. The van der Waals surface area contributed by atoms with Gasteiger partial charge < -0.3 is 0 Å². The van der Waals surface area contributed by atoms with E-state index in [-0.39, 0.29) is 6.04 Å². The van der Waals surface area contributed by atoms with Gasteiger partial charge in [-0.1, -0.05) is 84.6 Å². The zero-order chi connectivity index (χ0) is 13.8. The Morgan fingerprint density at radius 3 is 2.40 bits per heavy atom. The van der Waals surface area contributed by atoms with Gasteiger partial charge in [0.2, 0.25) is 0 Å². The van der Waals surface area contributed by atoms with E-state index in [1.807, 2.05) is 47.6 Å². The second-order valence-corrected chi connectivity index (χ2v) is 6.16. The molecule has 1 aliphatic rings. The molecule has 0 amide bonds. The first-order valence-corrected chi connectivity index (χ1v) is 7.84. The maximum Gasteiger partial charge on any atom is 0.157 e. The van der Waals surface area contributed by atoms with E-state index in [0.717, 1.165) is 15.6 Å². The van der Waals surface area contributed by atoms with Crippen LogP contribution >= 0.6 is 24.0 Å². The lowest BCUT2D eigenvalue weighted by Crippen LogP contribution is -2.21. The van der Waals surface area contributed by atoms with Gasteiger partial charge >= 0.3 is 0 Å². The maximum absolute atomic E-state index is 5.41. The summed E-state index contributed by atoms with van der Waals surface area (Å²) in [5.41, 5.74) is 2.34. The number of benzene rings is 2. The number of hydrogen-bond donors (Lipinski definition) is 0. The van der Waals surface area contributed by atoms with Crippen molar-refractivity contribution in [3.05, 3.63) is 71.8 Å². The smallest absolute Gasteiger partial charge is 0.157 e. The van der Waals surface area contributed by atoms with E-state index in [2.05, 4.69) is 29.4 Å². The highest BCUT2D eigenvalue weighted by Crippen LogP contribution is 2.35. The lowest BCUT2D eigenvalue weighted by molar-refractivity contribution is 0.384. The molecule has 2 nitrogen and oxygen atoms in total. The first kappa shape index (κ1) is 13.3. The first-order chi connectivity index (χ1) is 9.84. The zero-order valence-electron chi connectivity index (χ0n) is 10.8. The van der Waals surface area contributed by atoms with E-state index in [9.17, 15) is 0 Å². The van der Waals surface area contributed by atoms with E-state index in [1.54, 1.807) is 11.8 Å². The molecule has 1 atom stereocenters. The topological polar surface area (TPSA) is 15.6 Å². The Kier molecular flexibility index (Phi) is 4.14. The van der Waals surface area contributed by atoms with Gasteiger partial charge in [0, 0.05) is 5.75 Å². The summed E-state index contributed by atoms with van der Waals surface area (Å²) in [5.74, 6) is 0.953. The van der Waals surface area contributed by atoms with Gasteiger partial charge in [-0.05, 0) is 11.1 Å². The number of rotatable bonds is 3. The Balaban J connectivity index is 1.83. The predicted molar refractivity (Wildman–Crippen MR) is 90.1 cm³/mol. The second-order valence-electron chi connectivity index (χ2n) is 4.50. The van der Waals surface area contributed by atoms with E-state index >= 15 is 0 Å². The molecule has 1 unspecified atom stereocenters. The van der Waals surface area contributed by atoms with Crippen LogP contribution in [-0.2, 0) is 0 Å². The van der Waals surface area contributed by atoms with Crippen molar-refractivity contribution in [1.29, 1.82) is 0 Å². The molecule has 2 aromatic carbocycles. The molecule has 0 aromatic heterocycles. The third-order valence-electron chi connectivity index (χ3n) is 3.16. The van der Waals surface area contributed by atoms with Gasteiger partial charge in [-0.25, -0.2) is 5.01 Å². The monoisotopic (exact) mass is 298 g/mol. The minimum atomic E-state index is 0.230. The third-order valence-corrected chi connectivity index (χ3v) is 4.62. The van der Waals surface area contributed by atoms with Crippen molar-refractivity contribution < 1.29 is 0 Å². The summed E-state index contributed by atoms with van der Waals surface area (Å²) < 4.78 is 0.839. The molecule has 1 saturated heterocycles. The van der Waals surface area contributed by atoms with Crippen LogP contribution in [0, 0.1) is 0 Å². The van der Waals surface area contributed by atoms with E-state index in [1.165, 1.54) is 5.56 Å². The Morgan fingerprint density at radius 2 is 1.70 bits per heavy atom. The summed E-state index contributed by atoms with van der Waals surface area (Å²) >= 11 is 7.10. The Bertz CT molecular complexity index is 611. The fraction of sp³-hybridized carbons (Fsp3) is 0.125. The molecule has 0 saturated carbocycles. The molecule has 1 aliphatic heterocycles. The lowest BCUT2D eigenvalue weighted by atomic mass is 10.1. The summed E-state index contributed by atoms with van der Waals surface area (Å²) in [6.45, 7) is 0. The van der Waals surface area contributed by atoms with E-state index in [0.29, 0.717) is 0 Å². The highest BCUT2D eigenvalue weighted by molar-refractivity contribution is 8.23. The predicted octanol–water partition coefficient (Wildman–Crippen LogP) is 4.10. The van der Waals surface area contributed by atoms with Gasteiger partial charge in [0.25, 0.3) is 0 Å². The van der Waals surface area contributed by atoms with Gasteiger partial charge in [-0.2, -0.15) is 5.10 Å². The van der Waals surface area contributed by atoms with Crippen molar-refractivity contribution in [2.75, 3.05) is 5.75 Å². The molecular formula is C16H14N2S2. The molecule has 0 radical (unpaired) electrons. The highest BCUT2D eigenvalue weighted by Gasteiger charge is 2.29. The molecule has 0 N–H and O–H groups in total. The molecule has 100 valence electrons. The number of thioether (sulfide) groups is 1. The van der Waals surface area contributed by atoms with Crippen molar-refractivity contribution in [3.63, 3.8) is 0 Å². The van der Waals surface area contributed by atoms with Crippen LogP contribution in [0.3, 0.4) is 0 Å². The van der Waals surface area contributed by atoms with Gasteiger partial charge in [0.05, 0.1) is 12.3 Å². The lowest BCUT2D eigenvalue weighted by Gasteiger charge is -2.20. The second kappa shape index (κ2) is 6.20. The minimum absolute atomic E-state index is 0.230. The van der Waals surface area contributed by atoms with Gasteiger partial charge in [-0.3, -0.25) is 0 Å². The largest absolute Gasteiger partial charge is 0.240 e. The van der Waals surface area contributed by atoms with E-state index in [4.69, 9.17) is 12.2 Å². The van der Waals surface area contributed by atoms with Crippen LogP contribution in [0.15, 0.2) is 65.8 Å². The fourth-order valence-electron chi connectivity index (χ4n) is 2.12. The summed E-state index contributed by atoms with van der Waals surface area (Å²) in [6.07, 6.45) is 1.87. The number of nitrogens with zero attached hydrogens (tertiary/aromatic N) is 2. The first-order valence-electron chi connectivity index (χ1n) is 6.44. The Hall–Kier alpha value is -1.65. The van der Waals surface area contributed by atoms with Gasteiger partial charge in [0.15, 0.2) is 4.32 Å². The average molecular weight is 298 g/mol. The number of thiocarbonyl (C=S) groups is 1. The molecule has 2 aromatic rings. The number of hydrogen-bond acceptors (Lipinski definition) is 3. The number of hydrazone groups is 1. The Morgan fingerprint density at radius 1 is 1.05 bits per heavy atom. The van der Waals surface area contributed by atoms with Crippen LogP contribution in [-0.4, -0.2) is 21.3 Å². The average Bonchev–Trinajstić information content (AvgIpc) is 2.88. The molecule has 0 aliphatic carbocycles. The van der Waals surface area contributed by atoms with E-state index < -0.39 is 0 Å². The fourth-order valence-corrected chi connectivity index (χ4v) is 3.44. The molecule has 4 heteroatoms. The molecule has 1 heterocycles. The molecule has 0 spiro atoms. The summed E-state index contributed by atoms with van der Waals surface area (Å²) in [5, 5.41) is 6.53. The van der Waals surface area contributed by atoms with Crippen molar-refractivity contribution >= 4 is 34.5 Å². The summed E-state index contributed by atoms with van der Waals surface area (Å²) in [4.78, 5) is 0. The minimum Gasteiger partial charge on any atom is -0.240 e. The van der Waals surface area contributed by atoms with Crippen LogP contribution in [0.2, 0.25) is 0 Å². The van der Waals surface area contributed by atoms with Crippen molar-refractivity contribution in [2.45, 2.75) is 6.04 Å². The Labute approximate surface area is 128 Å². The maximum atomic E-state index is 5.41. The third kappa shape index (κ3) is 2.92. The van der Waals surface area contributed by atoms with Crippen LogP contribution in [0.25, 0.3) is 0 Å². The molecule has 0 bridgehead atoms. The van der Waals surface area contributed by atoms with Crippen molar-refractivity contribution in [1.82, 2.24) is 5.01 Å². The SMILES string of the molecule is S=C1SCC(c2ccccc2)N1N=Cc1ccccc1. The molecule has 3 rings (SSSR count). The molecule has 20 heavy (non-hydrogen) atoms. The van der Waals surface area contributed by atoms with Gasteiger partial charge in [0.1, 0.15) is 0 Å². The highest BCUT2D eigenvalue weighted by atomic mass is 32.2. The quantitative estimate of drug-likeness (QED) is 0.627. The zero-order valence-corrected chi connectivity index (χ0v) is 12.5. The van der Waals surface area contributed by atoms with Crippen LogP contribution in [0.5, 0.6) is 0 Å². The summed E-state index contributed by atoms with van der Waals surface area (Å²) in [7, 11) is 0.